The predicted octanol–water partition coefficient (Wildman–Crippen LogP) is 2.85. The van der Waals surface area contributed by atoms with Crippen LogP contribution in [0.5, 0.6) is 0 Å². The van der Waals surface area contributed by atoms with E-state index in [1.165, 1.54) is 5.56 Å². The van der Waals surface area contributed by atoms with Crippen LogP contribution in [0.4, 0.5) is 4.79 Å². The molecule has 2 aromatic rings. The standard InChI is InChI=1S/C12H14N2OS2/c15-12(14-8-11-2-1-6-17-11)13-5-3-10-4-7-16-9-10/h1-2,4,6-7,9H,3,5,8H2,(H2,13,14,15). The molecule has 0 saturated carbocycles. The summed E-state index contributed by atoms with van der Waals surface area (Å²) in [7, 11) is 0. The zero-order valence-electron chi connectivity index (χ0n) is 9.31. The van der Waals surface area contributed by atoms with Crippen molar-refractivity contribution < 1.29 is 4.79 Å². The van der Waals surface area contributed by atoms with Gasteiger partial charge in [-0.1, -0.05) is 6.07 Å². The summed E-state index contributed by atoms with van der Waals surface area (Å²) < 4.78 is 0. The normalized spacial score (nSPS) is 10.1. The van der Waals surface area contributed by atoms with Crippen molar-refractivity contribution in [2.45, 2.75) is 13.0 Å². The Morgan fingerprint density at radius 2 is 2.18 bits per heavy atom. The molecule has 0 radical (unpaired) electrons. The molecule has 0 aliphatic heterocycles. The third-order valence-corrected chi connectivity index (χ3v) is 3.89. The molecular weight excluding hydrogens is 252 g/mol. The van der Waals surface area contributed by atoms with Gasteiger partial charge in [-0.2, -0.15) is 11.3 Å². The van der Waals surface area contributed by atoms with E-state index in [-0.39, 0.29) is 6.03 Å². The summed E-state index contributed by atoms with van der Waals surface area (Å²) in [5.41, 5.74) is 1.27. The van der Waals surface area contributed by atoms with Gasteiger partial charge in [0.05, 0.1) is 6.54 Å². The maximum Gasteiger partial charge on any atom is 0.315 e. The third-order valence-electron chi connectivity index (χ3n) is 2.28. The van der Waals surface area contributed by atoms with Crippen LogP contribution in [0.3, 0.4) is 0 Å². The predicted molar refractivity (Wildman–Crippen MR) is 72.6 cm³/mol. The highest BCUT2D eigenvalue weighted by molar-refractivity contribution is 7.09. The summed E-state index contributed by atoms with van der Waals surface area (Å²) in [4.78, 5) is 12.6. The lowest BCUT2D eigenvalue weighted by Crippen LogP contribution is -2.35. The van der Waals surface area contributed by atoms with Crippen LogP contribution in [0, 0.1) is 0 Å². The Labute approximate surface area is 108 Å². The molecule has 0 aliphatic carbocycles. The van der Waals surface area contributed by atoms with E-state index in [9.17, 15) is 4.79 Å². The van der Waals surface area contributed by atoms with Gasteiger partial charge in [0.2, 0.25) is 0 Å². The number of thiophene rings is 2. The lowest BCUT2D eigenvalue weighted by Gasteiger charge is -2.05. The highest BCUT2D eigenvalue weighted by atomic mass is 32.1. The molecule has 0 aliphatic rings. The fourth-order valence-corrected chi connectivity index (χ4v) is 2.75. The zero-order chi connectivity index (χ0) is 11.9. The molecule has 2 aromatic heterocycles. The Kier molecular flexibility index (Phi) is 4.58. The summed E-state index contributed by atoms with van der Waals surface area (Å²) in [6.07, 6.45) is 0.885. The van der Waals surface area contributed by atoms with Crippen molar-refractivity contribution in [2.75, 3.05) is 6.54 Å². The van der Waals surface area contributed by atoms with E-state index < -0.39 is 0 Å². The molecule has 0 saturated heterocycles. The Hall–Kier alpha value is -1.33. The zero-order valence-corrected chi connectivity index (χ0v) is 10.9. The molecule has 17 heavy (non-hydrogen) atoms. The molecule has 2 amide bonds. The van der Waals surface area contributed by atoms with Crippen molar-refractivity contribution in [3.05, 3.63) is 44.8 Å². The molecule has 0 atom stereocenters. The van der Waals surface area contributed by atoms with E-state index in [0.717, 1.165) is 11.3 Å². The van der Waals surface area contributed by atoms with Gasteiger partial charge in [-0.05, 0) is 40.3 Å². The summed E-state index contributed by atoms with van der Waals surface area (Å²) in [5, 5.41) is 11.8. The SMILES string of the molecule is O=C(NCCc1ccsc1)NCc1cccs1. The van der Waals surface area contributed by atoms with Gasteiger partial charge in [0.1, 0.15) is 0 Å². The first-order valence-corrected chi connectivity index (χ1v) is 7.22. The number of amides is 2. The second kappa shape index (κ2) is 6.42. The molecule has 0 spiro atoms. The lowest BCUT2D eigenvalue weighted by molar-refractivity contribution is 0.240. The molecule has 0 unspecified atom stereocenters. The van der Waals surface area contributed by atoms with Crippen molar-refractivity contribution >= 4 is 28.7 Å². The summed E-state index contributed by atoms with van der Waals surface area (Å²) in [6, 6.07) is 5.97. The second-order valence-corrected chi connectivity index (χ2v) is 5.38. The first kappa shape index (κ1) is 12.1. The topological polar surface area (TPSA) is 41.1 Å². The minimum absolute atomic E-state index is 0.103. The van der Waals surface area contributed by atoms with Gasteiger partial charge < -0.3 is 10.6 Å². The van der Waals surface area contributed by atoms with E-state index in [1.807, 2.05) is 22.9 Å². The molecule has 0 aromatic carbocycles. The van der Waals surface area contributed by atoms with E-state index in [0.29, 0.717) is 13.1 Å². The van der Waals surface area contributed by atoms with Crippen LogP contribution in [-0.4, -0.2) is 12.6 Å². The number of carbonyl (C=O) groups is 1. The Morgan fingerprint density at radius 1 is 1.24 bits per heavy atom. The fourth-order valence-electron chi connectivity index (χ4n) is 1.40. The quantitative estimate of drug-likeness (QED) is 0.858. The maximum absolute atomic E-state index is 11.5. The average Bonchev–Trinajstić information content (AvgIpc) is 2.99. The van der Waals surface area contributed by atoms with Crippen LogP contribution in [0.15, 0.2) is 34.3 Å². The van der Waals surface area contributed by atoms with Crippen LogP contribution in [0.1, 0.15) is 10.4 Å². The molecular formula is C12H14N2OS2. The molecule has 3 nitrogen and oxygen atoms in total. The fraction of sp³-hybridized carbons (Fsp3) is 0.250. The van der Waals surface area contributed by atoms with Gasteiger partial charge >= 0.3 is 6.03 Å². The van der Waals surface area contributed by atoms with Gasteiger partial charge in [-0.15, -0.1) is 11.3 Å². The number of urea groups is 1. The Balaban J connectivity index is 1.61. The van der Waals surface area contributed by atoms with Crippen LogP contribution >= 0.6 is 22.7 Å². The molecule has 2 heterocycles. The van der Waals surface area contributed by atoms with Crippen LogP contribution in [-0.2, 0) is 13.0 Å². The highest BCUT2D eigenvalue weighted by Gasteiger charge is 2.00. The van der Waals surface area contributed by atoms with Crippen molar-refractivity contribution in [3.63, 3.8) is 0 Å². The number of hydrogen-bond donors (Lipinski definition) is 2. The van der Waals surface area contributed by atoms with Crippen molar-refractivity contribution in [1.29, 1.82) is 0 Å². The minimum Gasteiger partial charge on any atom is -0.338 e. The van der Waals surface area contributed by atoms with Gasteiger partial charge in [-0.3, -0.25) is 0 Å². The van der Waals surface area contributed by atoms with E-state index >= 15 is 0 Å². The van der Waals surface area contributed by atoms with E-state index in [4.69, 9.17) is 0 Å². The molecule has 5 heteroatoms. The smallest absolute Gasteiger partial charge is 0.315 e. The van der Waals surface area contributed by atoms with E-state index in [1.54, 1.807) is 22.7 Å². The number of nitrogens with one attached hydrogen (secondary N) is 2. The second-order valence-electron chi connectivity index (χ2n) is 3.57. The number of hydrogen-bond acceptors (Lipinski definition) is 3. The van der Waals surface area contributed by atoms with Gasteiger partial charge in [0.25, 0.3) is 0 Å². The van der Waals surface area contributed by atoms with Crippen molar-refractivity contribution in [1.82, 2.24) is 10.6 Å². The summed E-state index contributed by atoms with van der Waals surface area (Å²) in [6.45, 7) is 1.27. The summed E-state index contributed by atoms with van der Waals surface area (Å²) in [5.74, 6) is 0. The number of rotatable bonds is 5. The van der Waals surface area contributed by atoms with Crippen molar-refractivity contribution in [3.8, 4) is 0 Å². The first-order chi connectivity index (χ1) is 8.34. The van der Waals surface area contributed by atoms with Crippen LogP contribution in [0.25, 0.3) is 0 Å². The Morgan fingerprint density at radius 3 is 2.88 bits per heavy atom. The average molecular weight is 266 g/mol. The molecule has 2 N–H and O–H groups in total. The molecule has 90 valence electrons. The maximum atomic E-state index is 11.5. The number of carbonyl (C=O) groups excluding carboxylic acids is 1. The molecule has 0 bridgehead atoms. The van der Waals surface area contributed by atoms with Crippen LogP contribution in [0.2, 0.25) is 0 Å². The van der Waals surface area contributed by atoms with Crippen molar-refractivity contribution in [2.24, 2.45) is 0 Å². The Bertz CT molecular complexity index is 437. The first-order valence-electron chi connectivity index (χ1n) is 5.40. The monoisotopic (exact) mass is 266 g/mol. The van der Waals surface area contributed by atoms with Crippen LogP contribution < -0.4 is 10.6 Å². The van der Waals surface area contributed by atoms with Gasteiger partial charge in [0, 0.05) is 11.4 Å². The summed E-state index contributed by atoms with van der Waals surface area (Å²) >= 11 is 3.33. The lowest BCUT2D eigenvalue weighted by atomic mass is 10.2. The largest absolute Gasteiger partial charge is 0.338 e. The van der Waals surface area contributed by atoms with Gasteiger partial charge in [0.15, 0.2) is 0 Å². The minimum atomic E-state index is -0.103. The molecule has 2 rings (SSSR count). The highest BCUT2D eigenvalue weighted by Crippen LogP contribution is 2.07. The van der Waals surface area contributed by atoms with E-state index in [2.05, 4.69) is 22.1 Å². The molecule has 0 fully saturated rings. The van der Waals surface area contributed by atoms with Gasteiger partial charge in [-0.25, -0.2) is 4.79 Å². The third kappa shape index (κ3) is 4.20.